The third-order valence-electron chi connectivity index (χ3n) is 4.88. The Kier molecular flexibility index (Phi) is 4.73. The highest BCUT2D eigenvalue weighted by Crippen LogP contribution is 2.49. The van der Waals surface area contributed by atoms with E-state index in [2.05, 4.69) is 58.0 Å². The Morgan fingerprint density at radius 1 is 1.08 bits per heavy atom. The van der Waals surface area contributed by atoms with Gasteiger partial charge in [-0.25, -0.2) is 0 Å². The van der Waals surface area contributed by atoms with Gasteiger partial charge in [0.25, 0.3) is 0 Å². The molecule has 128 valence electrons. The first-order valence-electron chi connectivity index (χ1n) is 8.59. The largest absolute Gasteiger partial charge is 0.392 e. The first-order chi connectivity index (χ1) is 12.3. The molecule has 2 aliphatic heterocycles. The minimum Gasteiger partial charge on any atom is -0.392 e. The summed E-state index contributed by atoms with van der Waals surface area (Å²) >= 11 is 3.65. The molecule has 2 aromatic rings. The fraction of sp³-hybridized carbons (Fsp3) is 0.286. The second-order valence-electron chi connectivity index (χ2n) is 6.42. The Morgan fingerprint density at radius 3 is 2.60 bits per heavy atom. The highest BCUT2D eigenvalue weighted by Gasteiger charge is 2.51. The molecule has 0 N–H and O–H groups in total. The van der Waals surface area contributed by atoms with Crippen LogP contribution < -0.4 is 0 Å². The van der Waals surface area contributed by atoms with Gasteiger partial charge in [0.1, 0.15) is 17.9 Å². The molecule has 4 atom stereocenters. The van der Waals surface area contributed by atoms with Gasteiger partial charge in [0.2, 0.25) is 0 Å². The van der Waals surface area contributed by atoms with Crippen LogP contribution in [0.2, 0.25) is 0 Å². The predicted molar refractivity (Wildman–Crippen MR) is 102 cm³/mol. The van der Waals surface area contributed by atoms with Crippen molar-refractivity contribution in [2.45, 2.75) is 31.2 Å². The molecule has 0 aliphatic carbocycles. The van der Waals surface area contributed by atoms with E-state index in [4.69, 9.17) is 9.57 Å². The van der Waals surface area contributed by atoms with Crippen LogP contribution in [0, 0.1) is 5.92 Å². The molecule has 2 aliphatic rings. The SMILES string of the molecule is C=CCCC1ON=C2C(c3ccccc3Br)OC(c3ccccc3)C21. The van der Waals surface area contributed by atoms with Crippen LogP contribution in [0.4, 0.5) is 0 Å². The van der Waals surface area contributed by atoms with E-state index < -0.39 is 0 Å². The Hall–Kier alpha value is -1.91. The van der Waals surface area contributed by atoms with Crippen LogP contribution in [0.5, 0.6) is 0 Å². The standard InChI is InChI=1S/C21H20BrNO2/c1-2-3-13-17-18-19(23-25-17)21(15-11-7-8-12-16(15)22)24-20(18)14-9-5-4-6-10-14/h2,4-12,17-18,20-21H,1,3,13H2. The van der Waals surface area contributed by atoms with E-state index in [0.29, 0.717) is 0 Å². The fourth-order valence-electron chi connectivity index (χ4n) is 3.68. The first-order valence-corrected chi connectivity index (χ1v) is 9.38. The topological polar surface area (TPSA) is 30.8 Å². The van der Waals surface area contributed by atoms with Crippen LogP contribution in [0.15, 0.2) is 76.9 Å². The molecular formula is C21H20BrNO2. The molecule has 25 heavy (non-hydrogen) atoms. The molecule has 1 fully saturated rings. The summed E-state index contributed by atoms with van der Waals surface area (Å²) in [4.78, 5) is 5.81. The molecule has 3 nitrogen and oxygen atoms in total. The third kappa shape index (κ3) is 3.05. The first kappa shape index (κ1) is 16.6. The molecule has 0 saturated carbocycles. The van der Waals surface area contributed by atoms with Crippen molar-refractivity contribution < 1.29 is 9.57 Å². The summed E-state index contributed by atoms with van der Waals surface area (Å²) in [6.45, 7) is 3.83. The number of ether oxygens (including phenoxy) is 1. The van der Waals surface area contributed by atoms with Crippen LogP contribution in [0.25, 0.3) is 0 Å². The second-order valence-corrected chi connectivity index (χ2v) is 7.28. The third-order valence-corrected chi connectivity index (χ3v) is 5.61. The number of oxime groups is 1. The Labute approximate surface area is 156 Å². The monoisotopic (exact) mass is 397 g/mol. The van der Waals surface area contributed by atoms with Crippen LogP contribution in [-0.2, 0) is 9.57 Å². The number of hydrogen-bond donors (Lipinski definition) is 0. The van der Waals surface area contributed by atoms with Crippen molar-refractivity contribution >= 4 is 21.6 Å². The maximum atomic E-state index is 6.52. The zero-order chi connectivity index (χ0) is 17.2. The summed E-state index contributed by atoms with van der Waals surface area (Å²) < 4.78 is 7.56. The predicted octanol–water partition coefficient (Wildman–Crippen LogP) is 5.60. The molecule has 4 unspecified atom stereocenters. The Balaban J connectivity index is 1.71. The molecule has 0 bridgehead atoms. The van der Waals surface area contributed by atoms with E-state index >= 15 is 0 Å². The number of fused-ring (bicyclic) bond motifs is 1. The van der Waals surface area contributed by atoms with E-state index in [1.807, 2.05) is 30.3 Å². The van der Waals surface area contributed by atoms with Crippen molar-refractivity contribution in [2.24, 2.45) is 11.1 Å². The van der Waals surface area contributed by atoms with Crippen LogP contribution in [0.3, 0.4) is 0 Å². The van der Waals surface area contributed by atoms with Gasteiger partial charge < -0.3 is 9.57 Å². The summed E-state index contributed by atoms with van der Waals surface area (Å²) in [5.41, 5.74) is 3.26. The molecular weight excluding hydrogens is 378 g/mol. The quantitative estimate of drug-likeness (QED) is 0.614. The van der Waals surface area contributed by atoms with Crippen molar-refractivity contribution in [2.75, 3.05) is 0 Å². The van der Waals surface area contributed by atoms with E-state index in [1.54, 1.807) is 0 Å². The van der Waals surface area contributed by atoms with Crippen molar-refractivity contribution in [1.29, 1.82) is 0 Å². The van der Waals surface area contributed by atoms with Gasteiger partial charge in [-0.2, -0.15) is 0 Å². The van der Waals surface area contributed by atoms with Crippen LogP contribution in [0.1, 0.15) is 36.2 Å². The molecule has 0 radical (unpaired) electrons. The van der Waals surface area contributed by atoms with Crippen molar-refractivity contribution in [1.82, 2.24) is 0 Å². The molecule has 2 heterocycles. The maximum absolute atomic E-state index is 6.52. The van der Waals surface area contributed by atoms with E-state index in [9.17, 15) is 0 Å². The van der Waals surface area contributed by atoms with Gasteiger partial charge >= 0.3 is 0 Å². The van der Waals surface area contributed by atoms with Gasteiger partial charge in [-0.15, -0.1) is 6.58 Å². The minimum absolute atomic E-state index is 0.0330. The Bertz CT molecular complexity index is 789. The van der Waals surface area contributed by atoms with Gasteiger partial charge in [0.05, 0.1) is 12.0 Å². The number of benzene rings is 2. The minimum atomic E-state index is -0.181. The van der Waals surface area contributed by atoms with E-state index in [1.165, 1.54) is 5.56 Å². The van der Waals surface area contributed by atoms with Crippen LogP contribution in [-0.4, -0.2) is 11.8 Å². The average molecular weight is 398 g/mol. The van der Waals surface area contributed by atoms with Gasteiger partial charge in [-0.05, 0) is 24.5 Å². The summed E-state index contributed by atoms with van der Waals surface area (Å²) in [6, 6.07) is 18.5. The van der Waals surface area contributed by atoms with Crippen molar-refractivity contribution in [3.63, 3.8) is 0 Å². The number of allylic oxidation sites excluding steroid dienone is 1. The lowest BCUT2D eigenvalue weighted by Crippen LogP contribution is -2.25. The molecule has 2 aromatic carbocycles. The van der Waals surface area contributed by atoms with E-state index in [-0.39, 0.29) is 24.2 Å². The zero-order valence-corrected chi connectivity index (χ0v) is 15.4. The number of nitrogens with zero attached hydrogens (tertiary/aromatic N) is 1. The smallest absolute Gasteiger partial charge is 0.138 e. The summed E-state index contributed by atoms with van der Waals surface area (Å²) in [5, 5.41) is 4.44. The van der Waals surface area contributed by atoms with Crippen molar-refractivity contribution in [3.05, 3.63) is 82.9 Å². The van der Waals surface area contributed by atoms with Gasteiger partial charge in [-0.3, -0.25) is 0 Å². The molecule has 4 rings (SSSR count). The summed E-state index contributed by atoms with van der Waals surface area (Å²) in [7, 11) is 0. The number of halogens is 1. The van der Waals surface area contributed by atoms with Gasteiger partial charge in [0, 0.05) is 10.0 Å². The number of rotatable bonds is 5. The summed E-state index contributed by atoms with van der Waals surface area (Å²) in [5.74, 6) is 0.138. The lowest BCUT2D eigenvalue weighted by atomic mass is 9.85. The fourth-order valence-corrected chi connectivity index (χ4v) is 4.18. The highest BCUT2D eigenvalue weighted by molar-refractivity contribution is 9.10. The van der Waals surface area contributed by atoms with Gasteiger partial charge in [-0.1, -0.05) is 75.7 Å². The normalized spacial score (nSPS) is 27.5. The lowest BCUT2D eigenvalue weighted by Gasteiger charge is -2.21. The maximum Gasteiger partial charge on any atom is 0.138 e. The van der Waals surface area contributed by atoms with E-state index in [0.717, 1.165) is 28.6 Å². The van der Waals surface area contributed by atoms with Crippen molar-refractivity contribution in [3.8, 4) is 0 Å². The second kappa shape index (κ2) is 7.14. The molecule has 0 spiro atoms. The average Bonchev–Trinajstić information content (AvgIpc) is 3.22. The molecule has 1 saturated heterocycles. The molecule has 0 amide bonds. The lowest BCUT2D eigenvalue weighted by molar-refractivity contribution is -0.0238. The zero-order valence-electron chi connectivity index (χ0n) is 13.8. The Morgan fingerprint density at radius 2 is 1.84 bits per heavy atom. The van der Waals surface area contributed by atoms with Gasteiger partial charge in [0.15, 0.2) is 0 Å². The highest BCUT2D eigenvalue weighted by atomic mass is 79.9. The summed E-state index contributed by atoms with van der Waals surface area (Å²) in [6.07, 6.45) is 3.54. The number of hydrogen-bond acceptors (Lipinski definition) is 3. The molecule has 0 aromatic heterocycles. The molecule has 4 heteroatoms. The van der Waals surface area contributed by atoms with Crippen LogP contribution >= 0.6 is 15.9 Å².